The Labute approximate surface area is 185 Å². The number of aromatic nitrogens is 1. The van der Waals surface area contributed by atoms with Gasteiger partial charge in [-0.1, -0.05) is 41.9 Å². The quantitative estimate of drug-likeness (QED) is 0.524. The summed E-state index contributed by atoms with van der Waals surface area (Å²) < 4.78 is 33.1. The van der Waals surface area contributed by atoms with E-state index in [4.69, 9.17) is 16.3 Å². The highest BCUT2D eigenvalue weighted by atomic mass is 35.5. The number of pyridine rings is 1. The Kier molecular flexibility index (Phi) is 6.67. The molecule has 0 saturated carbocycles. The predicted molar refractivity (Wildman–Crippen MR) is 119 cm³/mol. The first-order valence-electron chi connectivity index (χ1n) is 9.06. The number of aromatic carboxylic acids is 1. The van der Waals surface area contributed by atoms with Gasteiger partial charge in [-0.15, -0.1) is 0 Å². The molecule has 2 N–H and O–H groups in total. The highest BCUT2D eigenvalue weighted by Crippen LogP contribution is 2.29. The van der Waals surface area contributed by atoms with Crippen LogP contribution in [0.15, 0.2) is 65.7 Å². The maximum Gasteiger partial charge on any atom is 0.339 e. The summed E-state index contributed by atoms with van der Waals surface area (Å²) in [6.07, 6.45) is 1.26. The van der Waals surface area contributed by atoms with Crippen molar-refractivity contribution in [1.29, 1.82) is 0 Å². The van der Waals surface area contributed by atoms with E-state index in [2.05, 4.69) is 9.71 Å². The second kappa shape index (κ2) is 9.23. The SMILES string of the molecule is COc1ccc(Cl)cc1S(=O)(=O)Nc1cnc(N(C)Cc2ccccc2)c(C(=O)O)c1. The first-order chi connectivity index (χ1) is 14.7. The maximum atomic E-state index is 12.8. The molecule has 10 heteroatoms. The van der Waals surface area contributed by atoms with Gasteiger partial charge in [0.05, 0.1) is 19.0 Å². The number of nitrogens with zero attached hydrogens (tertiary/aromatic N) is 2. The molecule has 1 aromatic heterocycles. The molecule has 1 heterocycles. The molecule has 0 aliphatic rings. The number of carboxylic acid groups (broad SMARTS) is 1. The van der Waals surface area contributed by atoms with Gasteiger partial charge in [0, 0.05) is 18.6 Å². The molecule has 8 nitrogen and oxygen atoms in total. The minimum Gasteiger partial charge on any atom is -0.495 e. The lowest BCUT2D eigenvalue weighted by atomic mass is 10.2. The Morgan fingerprint density at radius 3 is 2.55 bits per heavy atom. The van der Waals surface area contributed by atoms with Crippen molar-refractivity contribution < 1.29 is 23.1 Å². The number of carboxylic acids is 1. The van der Waals surface area contributed by atoms with Crippen molar-refractivity contribution in [2.24, 2.45) is 0 Å². The van der Waals surface area contributed by atoms with Crippen LogP contribution in [0.5, 0.6) is 5.75 Å². The normalized spacial score (nSPS) is 11.1. The van der Waals surface area contributed by atoms with Crippen LogP contribution in [-0.2, 0) is 16.6 Å². The highest BCUT2D eigenvalue weighted by molar-refractivity contribution is 7.92. The Balaban J connectivity index is 1.92. The lowest BCUT2D eigenvalue weighted by molar-refractivity contribution is 0.0697. The van der Waals surface area contributed by atoms with Gasteiger partial charge in [0.15, 0.2) is 0 Å². The number of anilines is 2. The number of ether oxygens (including phenoxy) is 1. The Morgan fingerprint density at radius 2 is 1.90 bits per heavy atom. The van der Waals surface area contributed by atoms with Crippen LogP contribution in [-0.4, -0.2) is 38.6 Å². The van der Waals surface area contributed by atoms with Gasteiger partial charge in [-0.05, 0) is 29.8 Å². The van der Waals surface area contributed by atoms with E-state index in [1.54, 1.807) is 11.9 Å². The lowest BCUT2D eigenvalue weighted by Gasteiger charge is -2.21. The first-order valence-corrected chi connectivity index (χ1v) is 10.9. The molecule has 162 valence electrons. The van der Waals surface area contributed by atoms with Crippen LogP contribution in [0.4, 0.5) is 11.5 Å². The summed E-state index contributed by atoms with van der Waals surface area (Å²) in [7, 11) is -1.06. The minimum atomic E-state index is -4.11. The monoisotopic (exact) mass is 461 g/mol. The molecule has 0 atom stereocenters. The summed E-state index contributed by atoms with van der Waals surface area (Å²) in [5, 5.41) is 9.87. The lowest BCUT2D eigenvalue weighted by Crippen LogP contribution is -2.21. The van der Waals surface area contributed by atoms with Crippen molar-refractivity contribution in [1.82, 2.24) is 4.98 Å². The molecule has 0 aliphatic heterocycles. The van der Waals surface area contributed by atoms with E-state index in [0.29, 0.717) is 6.54 Å². The minimum absolute atomic E-state index is 0.00344. The number of hydrogen-bond acceptors (Lipinski definition) is 6. The number of nitrogens with one attached hydrogen (secondary N) is 1. The van der Waals surface area contributed by atoms with Crippen molar-refractivity contribution in [3.8, 4) is 5.75 Å². The number of carbonyl (C=O) groups is 1. The van der Waals surface area contributed by atoms with Crippen LogP contribution in [0.1, 0.15) is 15.9 Å². The topological polar surface area (TPSA) is 109 Å². The summed E-state index contributed by atoms with van der Waals surface area (Å²) in [6.45, 7) is 0.429. The fraction of sp³-hybridized carbons (Fsp3) is 0.143. The summed E-state index contributed by atoms with van der Waals surface area (Å²) in [5.74, 6) is -0.925. The smallest absolute Gasteiger partial charge is 0.339 e. The zero-order chi connectivity index (χ0) is 22.6. The fourth-order valence-electron chi connectivity index (χ4n) is 2.98. The van der Waals surface area contributed by atoms with Crippen LogP contribution in [0.25, 0.3) is 0 Å². The molecule has 0 fully saturated rings. The Morgan fingerprint density at radius 1 is 1.19 bits per heavy atom. The third-order valence-corrected chi connectivity index (χ3v) is 6.03. The third-order valence-electron chi connectivity index (χ3n) is 4.39. The number of hydrogen-bond donors (Lipinski definition) is 2. The zero-order valence-corrected chi connectivity index (χ0v) is 18.3. The predicted octanol–water partition coefficient (Wildman–Crippen LogP) is 3.88. The molecule has 0 bridgehead atoms. The molecular weight excluding hydrogens is 442 g/mol. The van der Waals surface area contributed by atoms with Gasteiger partial charge >= 0.3 is 5.97 Å². The van der Waals surface area contributed by atoms with Gasteiger partial charge in [-0.3, -0.25) is 4.72 Å². The first kappa shape index (κ1) is 22.4. The van der Waals surface area contributed by atoms with Crippen LogP contribution in [0, 0.1) is 0 Å². The molecule has 0 unspecified atom stereocenters. The van der Waals surface area contributed by atoms with Crippen molar-refractivity contribution in [3.63, 3.8) is 0 Å². The summed E-state index contributed by atoms with van der Waals surface area (Å²) in [6, 6.07) is 14.9. The molecule has 0 radical (unpaired) electrons. The zero-order valence-electron chi connectivity index (χ0n) is 16.7. The van der Waals surface area contributed by atoms with Crippen molar-refractivity contribution in [3.05, 3.63) is 76.9 Å². The van der Waals surface area contributed by atoms with Crippen molar-refractivity contribution in [2.75, 3.05) is 23.8 Å². The number of sulfonamides is 1. The number of halogens is 1. The molecule has 2 aromatic carbocycles. The average Bonchev–Trinajstić information content (AvgIpc) is 2.74. The molecule has 3 rings (SSSR count). The fourth-order valence-corrected chi connectivity index (χ4v) is 4.44. The summed E-state index contributed by atoms with van der Waals surface area (Å²) >= 11 is 5.93. The van der Waals surface area contributed by atoms with E-state index in [1.807, 2.05) is 30.3 Å². The molecule has 0 aliphatic carbocycles. The van der Waals surface area contributed by atoms with Gasteiger partial charge in [0.25, 0.3) is 10.0 Å². The van der Waals surface area contributed by atoms with Crippen molar-refractivity contribution >= 4 is 39.1 Å². The number of benzene rings is 2. The molecule has 0 saturated heterocycles. The van der Waals surface area contributed by atoms with E-state index < -0.39 is 16.0 Å². The summed E-state index contributed by atoms with van der Waals surface area (Å²) in [4.78, 5) is 17.5. The van der Waals surface area contributed by atoms with Crippen LogP contribution >= 0.6 is 11.6 Å². The van der Waals surface area contributed by atoms with Crippen LogP contribution in [0.2, 0.25) is 5.02 Å². The second-order valence-corrected chi connectivity index (χ2v) is 8.73. The van der Waals surface area contributed by atoms with E-state index in [1.165, 1.54) is 37.6 Å². The van der Waals surface area contributed by atoms with Crippen molar-refractivity contribution in [2.45, 2.75) is 11.4 Å². The van der Waals surface area contributed by atoms with Crippen LogP contribution < -0.4 is 14.4 Å². The van der Waals surface area contributed by atoms with Crippen LogP contribution in [0.3, 0.4) is 0 Å². The third kappa shape index (κ3) is 5.25. The molecule has 0 spiro atoms. The van der Waals surface area contributed by atoms with E-state index >= 15 is 0 Å². The molecule has 0 amide bonds. The van der Waals surface area contributed by atoms with Gasteiger partial charge in [-0.2, -0.15) is 0 Å². The van der Waals surface area contributed by atoms with Gasteiger partial charge in [0.2, 0.25) is 0 Å². The van der Waals surface area contributed by atoms with Gasteiger partial charge in [0.1, 0.15) is 22.0 Å². The Hall–Kier alpha value is -3.30. The molecular formula is C21H20ClN3O5S. The molecule has 31 heavy (non-hydrogen) atoms. The largest absolute Gasteiger partial charge is 0.495 e. The standard InChI is InChI=1S/C21H20ClN3O5S/c1-25(13-14-6-4-3-5-7-14)20-17(21(26)27)11-16(12-23-20)24-31(28,29)19-10-15(22)8-9-18(19)30-2/h3-12,24H,13H2,1-2H3,(H,26,27). The number of rotatable bonds is 8. The number of methoxy groups -OCH3 is 1. The highest BCUT2D eigenvalue weighted by Gasteiger charge is 2.23. The van der Waals surface area contributed by atoms with E-state index in [-0.39, 0.29) is 32.7 Å². The van der Waals surface area contributed by atoms with E-state index in [0.717, 1.165) is 5.56 Å². The molecule has 3 aromatic rings. The van der Waals surface area contributed by atoms with Gasteiger partial charge in [-0.25, -0.2) is 18.2 Å². The second-order valence-electron chi connectivity index (χ2n) is 6.64. The summed E-state index contributed by atoms with van der Waals surface area (Å²) in [5.41, 5.74) is 0.828. The van der Waals surface area contributed by atoms with Gasteiger partial charge < -0.3 is 14.7 Å². The average molecular weight is 462 g/mol. The Bertz CT molecular complexity index is 1200. The maximum absolute atomic E-state index is 12.8. The van der Waals surface area contributed by atoms with E-state index in [9.17, 15) is 18.3 Å².